The second-order valence-corrected chi connectivity index (χ2v) is 9.23. The van der Waals surface area contributed by atoms with Crippen molar-refractivity contribution in [1.29, 1.82) is 0 Å². The molecule has 0 bridgehead atoms. The number of hydrogen-bond donors (Lipinski definition) is 1. The Morgan fingerprint density at radius 2 is 2.23 bits per heavy atom. The number of aryl methyl sites for hydroxylation is 1. The normalized spacial score (nSPS) is 19.8. The van der Waals surface area contributed by atoms with Gasteiger partial charge in [0.15, 0.2) is 10.1 Å². The van der Waals surface area contributed by atoms with Crippen LogP contribution in [0.3, 0.4) is 0 Å². The van der Waals surface area contributed by atoms with Gasteiger partial charge in [0.05, 0.1) is 11.9 Å². The molecular weight excluding hydrogens is 368 g/mol. The SMILES string of the molecule is Cc1cc(C(=O)CSc2nnc(NC3CC3)s2)c(C)n1C[C@H]1CCCO1. The number of rotatable bonds is 8. The standard InChI is InChI=1S/C18H24N4O2S2/c1-11-8-15(12(2)22(11)9-14-4-3-7-24-14)16(23)10-25-18-21-20-17(26-18)19-13-5-6-13/h8,13-14H,3-7,9-10H2,1-2H3,(H,19,20)/t14-/m1/s1. The fraction of sp³-hybridized carbons (Fsp3) is 0.611. The number of aromatic nitrogens is 3. The molecule has 0 spiro atoms. The number of carbonyl (C=O) groups excluding carboxylic acids is 1. The van der Waals surface area contributed by atoms with Crippen LogP contribution in [-0.4, -0.2) is 45.1 Å². The predicted molar refractivity (Wildman–Crippen MR) is 104 cm³/mol. The Balaban J connectivity index is 1.37. The van der Waals surface area contributed by atoms with E-state index in [4.69, 9.17) is 4.74 Å². The maximum Gasteiger partial charge on any atom is 0.206 e. The highest BCUT2D eigenvalue weighted by Gasteiger charge is 2.23. The van der Waals surface area contributed by atoms with E-state index in [9.17, 15) is 4.79 Å². The minimum Gasteiger partial charge on any atom is -0.376 e. The first-order valence-electron chi connectivity index (χ1n) is 9.14. The van der Waals surface area contributed by atoms with E-state index in [1.54, 1.807) is 0 Å². The molecule has 1 atom stereocenters. The molecule has 0 aromatic carbocycles. The van der Waals surface area contributed by atoms with Crippen LogP contribution in [0.25, 0.3) is 0 Å². The molecule has 8 heteroatoms. The first kappa shape index (κ1) is 18.0. The molecule has 1 aliphatic heterocycles. The zero-order valence-electron chi connectivity index (χ0n) is 15.2. The van der Waals surface area contributed by atoms with Gasteiger partial charge in [-0.1, -0.05) is 23.1 Å². The summed E-state index contributed by atoms with van der Waals surface area (Å²) in [6.07, 6.45) is 4.93. The lowest BCUT2D eigenvalue weighted by Gasteiger charge is -2.14. The number of nitrogens with one attached hydrogen (secondary N) is 1. The highest BCUT2D eigenvalue weighted by molar-refractivity contribution is 8.01. The molecule has 0 radical (unpaired) electrons. The molecule has 2 fully saturated rings. The molecule has 1 saturated heterocycles. The number of Topliss-reactive ketones (excluding diaryl/α,β-unsaturated/α-hetero) is 1. The molecule has 26 heavy (non-hydrogen) atoms. The van der Waals surface area contributed by atoms with Crippen molar-refractivity contribution in [2.75, 3.05) is 17.7 Å². The van der Waals surface area contributed by atoms with Crippen LogP contribution in [0.4, 0.5) is 5.13 Å². The first-order valence-corrected chi connectivity index (χ1v) is 10.9. The Morgan fingerprint density at radius 3 is 2.96 bits per heavy atom. The quantitative estimate of drug-likeness (QED) is 0.546. The van der Waals surface area contributed by atoms with Gasteiger partial charge in [-0.2, -0.15) is 0 Å². The van der Waals surface area contributed by atoms with Crippen LogP contribution in [0, 0.1) is 13.8 Å². The van der Waals surface area contributed by atoms with Crippen molar-refractivity contribution in [1.82, 2.24) is 14.8 Å². The molecule has 1 N–H and O–H groups in total. The van der Waals surface area contributed by atoms with E-state index in [0.29, 0.717) is 11.8 Å². The van der Waals surface area contributed by atoms with Crippen molar-refractivity contribution in [3.63, 3.8) is 0 Å². The third-order valence-corrected chi connectivity index (χ3v) is 6.91. The molecular formula is C18H24N4O2S2. The largest absolute Gasteiger partial charge is 0.376 e. The smallest absolute Gasteiger partial charge is 0.206 e. The topological polar surface area (TPSA) is 69.0 Å². The number of anilines is 1. The average molecular weight is 393 g/mol. The van der Waals surface area contributed by atoms with Crippen molar-refractivity contribution in [2.24, 2.45) is 0 Å². The molecule has 2 aliphatic rings. The highest BCUT2D eigenvalue weighted by atomic mass is 32.2. The number of thioether (sulfide) groups is 1. The van der Waals surface area contributed by atoms with Gasteiger partial charge in [-0.05, 0) is 45.6 Å². The molecule has 0 amide bonds. The molecule has 1 aliphatic carbocycles. The monoisotopic (exact) mass is 392 g/mol. The molecule has 1 saturated carbocycles. The molecule has 3 heterocycles. The maximum absolute atomic E-state index is 12.7. The summed E-state index contributed by atoms with van der Waals surface area (Å²) in [5.41, 5.74) is 2.98. The minimum absolute atomic E-state index is 0.147. The molecule has 2 aromatic heterocycles. The third-order valence-electron chi connectivity index (χ3n) is 4.92. The number of carbonyl (C=O) groups is 1. The third kappa shape index (κ3) is 4.13. The number of ketones is 1. The van der Waals surface area contributed by atoms with Gasteiger partial charge in [0.25, 0.3) is 0 Å². The van der Waals surface area contributed by atoms with Gasteiger partial charge >= 0.3 is 0 Å². The second kappa shape index (κ2) is 7.70. The summed E-state index contributed by atoms with van der Waals surface area (Å²) in [6.45, 7) is 5.78. The van der Waals surface area contributed by atoms with Crippen LogP contribution in [-0.2, 0) is 11.3 Å². The van der Waals surface area contributed by atoms with Crippen molar-refractivity contribution in [2.45, 2.75) is 62.6 Å². The Kier molecular flexibility index (Phi) is 5.33. The summed E-state index contributed by atoms with van der Waals surface area (Å²) in [4.78, 5) is 12.7. The van der Waals surface area contributed by atoms with Crippen LogP contribution < -0.4 is 5.32 Å². The van der Waals surface area contributed by atoms with Crippen LogP contribution >= 0.6 is 23.1 Å². The summed E-state index contributed by atoms with van der Waals surface area (Å²) in [6, 6.07) is 2.57. The summed E-state index contributed by atoms with van der Waals surface area (Å²) in [5.74, 6) is 0.538. The first-order chi connectivity index (χ1) is 12.6. The lowest BCUT2D eigenvalue weighted by atomic mass is 10.2. The lowest BCUT2D eigenvalue weighted by Crippen LogP contribution is -2.17. The van der Waals surface area contributed by atoms with E-state index in [1.807, 2.05) is 13.0 Å². The Bertz CT molecular complexity index is 791. The van der Waals surface area contributed by atoms with Crippen molar-refractivity contribution >= 4 is 34.0 Å². The van der Waals surface area contributed by atoms with Gasteiger partial charge in [0, 0.05) is 36.1 Å². The predicted octanol–water partition coefficient (Wildman–Crippen LogP) is 3.68. The van der Waals surface area contributed by atoms with E-state index >= 15 is 0 Å². The molecule has 0 unspecified atom stereocenters. The van der Waals surface area contributed by atoms with Crippen molar-refractivity contribution in [3.8, 4) is 0 Å². The Labute approximate surface area is 161 Å². The number of ether oxygens (including phenoxy) is 1. The zero-order valence-corrected chi connectivity index (χ0v) is 16.8. The highest BCUT2D eigenvalue weighted by Crippen LogP contribution is 2.31. The molecule has 4 rings (SSSR count). The Morgan fingerprint density at radius 1 is 1.38 bits per heavy atom. The summed E-state index contributed by atoms with van der Waals surface area (Å²) in [5, 5.41) is 12.5. The van der Waals surface area contributed by atoms with Gasteiger partial charge in [-0.25, -0.2) is 0 Å². The van der Waals surface area contributed by atoms with E-state index in [1.165, 1.54) is 35.9 Å². The van der Waals surface area contributed by atoms with Crippen LogP contribution in [0.15, 0.2) is 10.4 Å². The maximum atomic E-state index is 12.7. The van der Waals surface area contributed by atoms with Crippen LogP contribution in [0.1, 0.15) is 47.4 Å². The van der Waals surface area contributed by atoms with Gasteiger partial charge in [0.2, 0.25) is 5.13 Å². The van der Waals surface area contributed by atoms with Gasteiger partial charge < -0.3 is 14.6 Å². The van der Waals surface area contributed by atoms with Crippen molar-refractivity contribution < 1.29 is 9.53 Å². The summed E-state index contributed by atoms with van der Waals surface area (Å²) in [7, 11) is 0. The summed E-state index contributed by atoms with van der Waals surface area (Å²) >= 11 is 3.00. The van der Waals surface area contributed by atoms with Gasteiger partial charge in [-0.15, -0.1) is 10.2 Å². The molecule has 6 nitrogen and oxygen atoms in total. The Hall–Kier alpha value is -1.38. The fourth-order valence-electron chi connectivity index (χ4n) is 3.29. The number of nitrogens with zero attached hydrogens (tertiary/aromatic N) is 3. The van der Waals surface area contributed by atoms with E-state index in [2.05, 4.69) is 27.0 Å². The lowest BCUT2D eigenvalue weighted by molar-refractivity contribution is 0.0957. The van der Waals surface area contributed by atoms with E-state index in [0.717, 1.165) is 52.4 Å². The van der Waals surface area contributed by atoms with E-state index < -0.39 is 0 Å². The number of hydrogen-bond acceptors (Lipinski definition) is 7. The zero-order chi connectivity index (χ0) is 18.1. The minimum atomic E-state index is 0.147. The molecule has 2 aromatic rings. The van der Waals surface area contributed by atoms with Crippen LogP contribution in [0.2, 0.25) is 0 Å². The summed E-state index contributed by atoms with van der Waals surface area (Å²) < 4.78 is 8.81. The van der Waals surface area contributed by atoms with E-state index in [-0.39, 0.29) is 11.9 Å². The second-order valence-electron chi connectivity index (χ2n) is 7.03. The fourth-order valence-corrected chi connectivity index (χ4v) is 5.00. The van der Waals surface area contributed by atoms with Gasteiger partial charge in [0.1, 0.15) is 0 Å². The van der Waals surface area contributed by atoms with Crippen molar-refractivity contribution in [3.05, 3.63) is 23.0 Å². The van der Waals surface area contributed by atoms with Crippen LogP contribution in [0.5, 0.6) is 0 Å². The van der Waals surface area contributed by atoms with Gasteiger partial charge in [-0.3, -0.25) is 4.79 Å². The molecule has 140 valence electrons. The average Bonchev–Trinajstić information content (AvgIpc) is 3.00.